The highest BCUT2D eigenvalue weighted by atomic mass is 35.5. The number of halogens is 1. The SMILES string of the molecule is COC(=O)c1ccc(Cl)c(NC(=O)C2CCCS(=O)(=O)C2)c1. The molecule has 0 aromatic heterocycles. The van der Waals surface area contributed by atoms with Crippen molar-refractivity contribution in [2.24, 2.45) is 5.92 Å². The minimum atomic E-state index is -3.17. The number of anilines is 1. The lowest BCUT2D eigenvalue weighted by Crippen LogP contribution is -2.34. The fourth-order valence-electron chi connectivity index (χ4n) is 2.33. The van der Waals surface area contributed by atoms with E-state index in [0.29, 0.717) is 12.8 Å². The van der Waals surface area contributed by atoms with Gasteiger partial charge in [-0.25, -0.2) is 13.2 Å². The number of sulfone groups is 1. The van der Waals surface area contributed by atoms with Gasteiger partial charge in [0.2, 0.25) is 5.91 Å². The number of amides is 1. The Balaban J connectivity index is 2.16. The van der Waals surface area contributed by atoms with Gasteiger partial charge in [0.15, 0.2) is 9.84 Å². The van der Waals surface area contributed by atoms with E-state index >= 15 is 0 Å². The summed E-state index contributed by atoms with van der Waals surface area (Å²) in [5, 5.41) is 2.86. The molecule has 1 aliphatic rings. The van der Waals surface area contributed by atoms with Crippen molar-refractivity contribution in [1.82, 2.24) is 0 Å². The molecule has 0 radical (unpaired) electrons. The summed E-state index contributed by atoms with van der Waals surface area (Å²) >= 11 is 6.00. The molecule has 1 amide bonds. The van der Waals surface area contributed by atoms with Crippen molar-refractivity contribution in [3.63, 3.8) is 0 Å². The van der Waals surface area contributed by atoms with E-state index in [1.807, 2.05) is 0 Å². The largest absolute Gasteiger partial charge is 0.465 e. The molecule has 1 N–H and O–H groups in total. The molecule has 2 rings (SSSR count). The molecular weight excluding hydrogens is 330 g/mol. The van der Waals surface area contributed by atoms with Gasteiger partial charge in [0.25, 0.3) is 0 Å². The van der Waals surface area contributed by atoms with Crippen molar-refractivity contribution in [3.05, 3.63) is 28.8 Å². The van der Waals surface area contributed by atoms with Crippen LogP contribution in [0.25, 0.3) is 0 Å². The van der Waals surface area contributed by atoms with Crippen LogP contribution >= 0.6 is 11.6 Å². The Hall–Kier alpha value is -1.60. The summed E-state index contributed by atoms with van der Waals surface area (Å²) in [4.78, 5) is 23.7. The standard InChI is InChI=1S/C14H16ClNO5S/c1-21-14(18)9-4-5-11(15)12(7-9)16-13(17)10-3-2-6-22(19,20)8-10/h4-5,7,10H,2-3,6,8H2,1H3,(H,16,17). The Morgan fingerprint density at radius 3 is 2.73 bits per heavy atom. The van der Waals surface area contributed by atoms with Crippen molar-refractivity contribution in [3.8, 4) is 0 Å². The van der Waals surface area contributed by atoms with Crippen LogP contribution in [0.2, 0.25) is 5.02 Å². The van der Waals surface area contributed by atoms with E-state index in [-0.39, 0.29) is 27.8 Å². The average Bonchev–Trinajstić information content (AvgIpc) is 2.47. The van der Waals surface area contributed by atoms with Gasteiger partial charge in [-0.05, 0) is 31.0 Å². The van der Waals surface area contributed by atoms with Gasteiger partial charge in [0.05, 0.1) is 40.8 Å². The molecule has 6 nitrogen and oxygen atoms in total. The maximum atomic E-state index is 12.2. The Kier molecular flexibility index (Phi) is 5.08. The monoisotopic (exact) mass is 345 g/mol. The first kappa shape index (κ1) is 16.8. The molecule has 1 fully saturated rings. The third-order valence-corrected chi connectivity index (χ3v) is 5.63. The first-order valence-electron chi connectivity index (χ1n) is 6.71. The zero-order chi connectivity index (χ0) is 16.3. The van der Waals surface area contributed by atoms with E-state index in [1.54, 1.807) is 0 Å². The minimum Gasteiger partial charge on any atom is -0.465 e. The molecule has 1 saturated heterocycles. The zero-order valence-corrected chi connectivity index (χ0v) is 13.5. The lowest BCUT2D eigenvalue weighted by molar-refractivity contribution is -0.119. The van der Waals surface area contributed by atoms with Crippen LogP contribution in [0.4, 0.5) is 5.69 Å². The van der Waals surface area contributed by atoms with Crippen molar-refractivity contribution >= 4 is 39.0 Å². The predicted molar refractivity (Wildman–Crippen MR) is 82.8 cm³/mol. The second-order valence-electron chi connectivity index (χ2n) is 5.13. The molecule has 120 valence electrons. The fraction of sp³-hybridized carbons (Fsp3) is 0.429. The van der Waals surface area contributed by atoms with Crippen molar-refractivity contribution < 1.29 is 22.7 Å². The lowest BCUT2D eigenvalue weighted by Gasteiger charge is -2.21. The van der Waals surface area contributed by atoms with Crippen molar-refractivity contribution in [1.29, 1.82) is 0 Å². The van der Waals surface area contributed by atoms with E-state index < -0.39 is 27.6 Å². The topological polar surface area (TPSA) is 89.5 Å². The van der Waals surface area contributed by atoms with E-state index in [0.717, 1.165) is 0 Å². The number of nitrogens with one attached hydrogen (secondary N) is 1. The number of carbonyl (C=O) groups is 2. The summed E-state index contributed by atoms with van der Waals surface area (Å²) in [6, 6.07) is 4.36. The molecular formula is C14H16ClNO5S. The molecule has 1 heterocycles. The van der Waals surface area contributed by atoms with E-state index in [2.05, 4.69) is 10.1 Å². The van der Waals surface area contributed by atoms with Gasteiger partial charge < -0.3 is 10.1 Å². The predicted octanol–water partition coefficient (Wildman–Crippen LogP) is 1.89. The van der Waals surface area contributed by atoms with Gasteiger partial charge in [-0.1, -0.05) is 11.6 Å². The molecule has 1 aromatic rings. The minimum absolute atomic E-state index is 0.120. The maximum absolute atomic E-state index is 12.2. The molecule has 8 heteroatoms. The average molecular weight is 346 g/mol. The third kappa shape index (κ3) is 3.98. The highest BCUT2D eigenvalue weighted by molar-refractivity contribution is 7.91. The summed E-state index contributed by atoms with van der Waals surface area (Å²) < 4.78 is 27.8. The molecule has 1 aromatic carbocycles. The molecule has 0 aliphatic carbocycles. The molecule has 1 aliphatic heterocycles. The first-order valence-corrected chi connectivity index (χ1v) is 8.91. The third-order valence-electron chi connectivity index (χ3n) is 3.48. The van der Waals surface area contributed by atoms with Gasteiger partial charge in [-0.3, -0.25) is 4.79 Å². The van der Waals surface area contributed by atoms with Crippen LogP contribution in [0, 0.1) is 5.92 Å². The molecule has 0 saturated carbocycles. The summed E-state index contributed by atoms with van der Waals surface area (Å²) in [5.74, 6) is -1.60. The summed E-state index contributed by atoms with van der Waals surface area (Å²) in [7, 11) is -1.92. The number of methoxy groups -OCH3 is 1. The number of carbonyl (C=O) groups excluding carboxylic acids is 2. The Morgan fingerprint density at radius 2 is 2.09 bits per heavy atom. The molecule has 1 unspecified atom stereocenters. The number of rotatable bonds is 3. The smallest absolute Gasteiger partial charge is 0.337 e. The maximum Gasteiger partial charge on any atom is 0.337 e. The quantitative estimate of drug-likeness (QED) is 0.845. The Morgan fingerprint density at radius 1 is 1.36 bits per heavy atom. The summed E-state index contributed by atoms with van der Waals surface area (Å²) in [5.41, 5.74) is 0.510. The summed E-state index contributed by atoms with van der Waals surface area (Å²) in [6.45, 7) is 0. The van der Waals surface area contributed by atoms with E-state index in [1.165, 1.54) is 25.3 Å². The van der Waals surface area contributed by atoms with Gasteiger partial charge >= 0.3 is 5.97 Å². The van der Waals surface area contributed by atoms with E-state index in [4.69, 9.17) is 11.6 Å². The number of esters is 1. The highest BCUT2D eigenvalue weighted by Crippen LogP contribution is 2.26. The van der Waals surface area contributed by atoms with Crippen LogP contribution in [0.5, 0.6) is 0 Å². The van der Waals surface area contributed by atoms with Gasteiger partial charge in [0.1, 0.15) is 0 Å². The Labute approximate surface area is 133 Å². The number of ether oxygens (including phenoxy) is 1. The Bertz CT molecular complexity index is 701. The van der Waals surface area contributed by atoms with Crippen LogP contribution < -0.4 is 5.32 Å². The second-order valence-corrected chi connectivity index (χ2v) is 7.76. The van der Waals surface area contributed by atoms with Crippen LogP contribution in [-0.2, 0) is 19.4 Å². The van der Waals surface area contributed by atoms with Crippen molar-refractivity contribution in [2.45, 2.75) is 12.8 Å². The normalized spacial score (nSPS) is 20.2. The number of benzene rings is 1. The number of hydrogen-bond donors (Lipinski definition) is 1. The van der Waals surface area contributed by atoms with Crippen molar-refractivity contribution in [2.75, 3.05) is 23.9 Å². The molecule has 0 spiro atoms. The van der Waals surface area contributed by atoms with Crippen LogP contribution in [-0.4, -0.2) is 38.9 Å². The molecule has 22 heavy (non-hydrogen) atoms. The molecule has 1 atom stereocenters. The second kappa shape index (κ2) is 6.66. The van der Waals surface area contributed by atoms with E-state index in [9.17, 15) is 18.0 Å². The summed E-state index contributed by atoms with van der Waals surface area (Å²) in [6.07, 6.45) is 0.982. The highest BCUT2D eigenvalue weighted by Gasteiger charge is 2.30. The fourth-order valence-corrected chi connectivity index (χ4v) is 4.20. The van der Waals surface area contributed by atoms with Gasteiger partial charge in [-0.15, -0.1) is 0 Å². The van der Waals surface area contributed by atoms with Crippen LogP contribution in [0.1, 0.15) is 23.2 Å². The van der Waals surface area contributed by atoms with Crippen LogP contribution in [0.15, 0.2) is 18.2 Å². The van der Waals surface area contributed by atoms with Gasteiger partial charge in [0, 0.05) is 0 Å². The van der Waals surface area contributed by atoms with Crippen LogP contribution in [0.3, 0.4) is 0 Å². The van der Waals surface area contributed by atoms with Gasteiger partial charge in [-0.2, -0.15) is 0 Å². The number of hydrogen-bond acceptors (Lipinski definition) is 5. The lowest BCUT2D eigenvalue weighted by atomic mass is 10.0. The first-order chi connectivity index (χ1) is 10.3. The molecule has 0 bridgehead atoms. The zero-order valence-electron chi connectivity index (χ0n) is 12.0.